The Bertz CT molecular complexity index is 1620. The lowest BCUT2D eigenvalue weighted by Crippen LogP contribution is -2.11. The molecule has 0 aliphatic rings. The number of nitriles is 1. The third-order valence-corrected chi connectivity index (χ3v) is 7.33. The molecule has 3 heterocycles. The van der Waals surface area contributed by atoms with Gasteiger partial charge < -0.3 is 16.2 Å². The number of nitrogen functional groups attached to an aromatic ring is 2. The van der Waals surface area contributed by atoms with Crippen LogP contribution >= 0.6 is 22.7 Å². The van der Waals surface area contributed by atoms with E-state index in [4.69, 9.17) is 16.2 Å². The number of pyridine rings is 1. The Morgan fingerprint density at radius 3 is 2.53 bits per heavy atom. The van der Waals surface area contributed by atoms with Crippen LogP contribution < -0.4 is 21.5 Å². The van der Waals surface area contributed by atoms with Crippen LogP contribution in [0.5, 0.6) is 5.75 Å². The van der Waals surface area contributed by atoms with Gasteiger partial charge in [0.1, 0.15) is 32.9 Å². The summed E-state index contributed by atoms with van der Waals surface area (Å²) in [6, 6.07) is 19.1. The van der Waals surface area contributed by atoms with E-state index in [0.29, 0.717) is 27.5 Å². The second-order valence-corrected chi connectivity index (χ2v) is 9.56. The van der Waals surface area contributed by atoms with Crippen molar-refractivity contribution >= 4 is 55.4 Å². The highest BCUT2D eigenvalue weighted by molar-refractivity contribution is 7.21. The molecule has 0 saturated carbocycles. The lowest BCUT2D eigenvalue weighted by Gasteiger charge is -2.09. The number of hydrogen-bond acceptors (Lipinski definition) is 9. The molecule has 0 spiro atoms. The fourth-order valence-electron chi connectivity index (χ4n) is 3.85. The maximum absolute atomic E-state index is 13.2. The SMILES string of the molecule is CCOc1ccc(-c2csc(NC(=O)c3sc4nc(N)c(C#N)c(-c5ccccc5)c4c3N)n2)cc1. The highest BCUT2D eigenvalue weighted by atomic mass is 32.1. The summed E-state index contributed by atoms with van der Waals surface area (Å²) in [5.74, 6) is 0.477. The first kappa shape index (κ1) is 23.3. The van der Waals surface area contributed by atoms with Gasteiger partial charge in [-0.15, -0.1) is 22.7 Å². The van der Waals surface area contributed by atoms with Gasteiger partial charge in [0.2, 0.25) is 0 Å². The van der Waals surface area contributed by atoms with E-state index in [2.05, 4.69) is 21.4 Å². The van der Waals surface area contributed by atoms with Gasteiger partial charge in [-0.2, -0.15) is 5.26 Å². The zero-order chi connectivity index (χ0) is 25.2. The second-order valence-electron chi connectivity index (χ2n) is 7.70. The summed E-state index contributed by atoms with van der Waals surface area (Å²) < 4.78 is 5.48. The fraction of sp³-hybridized carbons (Fsp3) is 0.0769. The van der Waals surface area contributed by atoms with Crippen LogP contribution in [0, 0.1) is 11.3 Å². The molecule has 0 bridgehead atoms. The number of fused-ring (bicyclic) bond motifs is 1. The van der Waals surface area contributed by atoms with Crippen molar-refractivity contribution in [3.05, 3.63) is 70.4 Å². The lowest BCUT2D eigenvalue weighted by atomic mass is 9.97. The summed E-state index contributed by atoms with van der Waals surface area (Å²) >= 11 is 2.44. The van der Waals surface area contributed by atoms with Gasteiger partial charge in [0, 0.05) is 21.9 Å². The number of benzene rings is 2. The van der Waals surface area contributed by atoms with Crippen LogP contribution in [0.3, 0.4) is 0 Å². The predicted molar refractivity (Wildman–Crippen MR) is 145 cm³/mol. The monoisotopic (exact) mass is 512 g/mol. The number of nitrogens with two attached hydrogens (primary N) is 2. The summed E-state index contributed by atoms with van der Waals surface area (Å²) in [5, 5.41) is 15.4. The van der Waals surface area contributed by atoms with Gasteiger partial charge in [0.05, 0.1) is 18.0 Å². The molecular weight excluding hydrogens is 492 g/mol. The van der Waals surface area contributed by atoms with Gasteiger partial charge in [-0.1, -0.05) is 30.3 Å². The van der Waals surface area contributed by atoms with E-state index in [0.717, 1.165) is 33.9 Å². The van der Waals surface area contributed by atoms with E-state index in [9.17, 15) is 10.1 Å². The molecule has 5 aromatic rings. The van der Waals surface area contributed by atoms with E-state index in [1.807, 2.05) is 66.9 Å². The number of ether oxygens (including phenoxy) is 1. The van der Waals surface area contributed by atoms with E-state index in [1.54, 1.807) is 0 Å². The van der Waals surface area contributed by atoms with Gasteiger partial charge in [-0.25, -0.2) is 9.97 Å². The molecule has 8 nitrogen and oxygen atoms in total. The number of anilines is 3. The Kier molecular flexibility index (Phi) is 6.25. The maximum Gasteiger partial charge on any atom is 0.269 e. The fourth-order valence-corrected chi connectivity index (χ4v) is 5.57. The molecule has 0 fully saturated rings. The molecule has 0 unspecified atom stereocenters. The molecule has 0 radical (unpaired) electrons. The summed E-state index contributed by atoms with van der Waals surface area (Å²) in [7, 11) is 0. The Hall–Kier alpha value is -4.46. The number of nitrogens with one attached hydrogen (secondary N) is 1. The smallest absolute Gasteiger partial charge is 0.269 e. The highest BCUT2D eigenvalue weighted by Crippen LogP contribution is 2.42. The molecule has 5 N–H and O–H groups in total. The molecular formula is C26H20N6O2S2. The van der Waals surface area contributed by atoms with Crippen LogP contribution in [-0.4, -0.2) is 22.5 Å². The number of hydrogen-bond donors (Lipinski definition) is 3. The number of thiophene rings is 1. The normalized spacial score (nSPS) is 10.8. The molecule has 10 heteroatoms. The molecule has 3 aromatic heterocycles. The van der Waals surface area contributed by atoms with E-state index >= 15 is 0 Å². The molecule has 1 amide bonds. The number of thiazole rings is 1. The van der Waals surface area contributed by atoms with Gasteiger partial charge in [-0.05, 0) is 36.8 Å². The number of aromatic nitrogens is 2. The number of carbonyl (C=O) groups excluding carboxylic acids is 1. The number of rotatable bonds is 6. The molecule has 0 atom stereocenters. The Morgan fingerprint density at radius 1 is 1.08 bits per heavy atom. The van der Waals surface area contributed by atoms with Crippen molar-refractivity contribution in [3.8, 4) is 34.2 Å². The predicted octanol–water partition coefficient (Wildman–Crippen LogP) is 5.77. The summed E-state index contributed by atoms with van der Waals surface area (Å²) in [6.45, 7) is 2.53. The molecule has 0 aliphatic carbocycles. The molecule has 5 rings (SSSR count). The Balaban J connectivity index is 1.48. The molecule has 178 valence electrons. The van der Waals surface area contributed by atoms with Crippen molar-refractivity contribution in [3.63, 3.8) is 0 Å². The Morgan fingerprint density at radius 2 is 1.83 bits per heavy atom. The van der Waals surface area contributed by atoms with Gasteiger partial charge in [-0.3, -0.25) is 10.1 Å². The third kappa shape index (κ3) is 4.22. The van der Waals surface area contributed by atoms with Crippen LogP contribution in [0.15, 0.2) is 60.0 Å². The topological polar surface area (TPSA) is 140 Å². The first-order chi connectivity index (χ1) is 17.5. The minimum Gasteiger partial charge on any atom is -0.494 e. The molecule has 0 saturated heterocycles. The molecule has 2 aromatic carbocycles. The molecule has 0 aliphatic heterocycles. The molecule has 36 heavy (non-hydrogen) atoms. The number of nitrogens with zero attached hydrogens (tertiary/aromatic N) is 3. The summed E-state index contributed by atoms with van der Waals surface area (Å²) in [4.78, 5) is 22.9. The zero-order valence-electron chi connectivity index (χ0n) is 19.1. The zero-order valence-corrected chi connectivity index (χ0v) is 20.7. The third-order valence-electron chi connectivity index (χ3n) is 5.47. The average molecular weight is 513 g/mol. The summed E-state index contributed by atoms with van der Waals surface area (Å²) in [5.41, 5.74) is 16.0. The van der Waals surface area contributed by atoms with Crippen LogP contribution in [0.25, 0.3) is 32.6 Å². The van der Waals surface area contributed by atoms with Gasteiger partial charge in [0.25, 0.3) is 5.91 Å². The largest absolute Gasteiger partial charge is 0.494 e. The first-order valence-electron chi connectivity index (χ1n) is 11.0. The maximum atomic E-state index is 13.2. The van der Waals surface area contributed by atoms with Crippen molar-refractivity contribution in [2.45, 2.75) is 6.92 Å². The summed E-state index contributed by atoms with van der Waals surface area (Å²) in [6.07, 6.45) is 0. The van der Waals surface area contributed by atoms with E-state index < -0.39 is 5.91 Å². The standard InChI is InChI=1S/C26H20N6O2S2/c1-2-34-16-10-8-14(9-11-16)18-13-35-26(30-18)32-24(33)22-21(28)20-19(15-6-4-3-5-7-15)17(12-27)23(29)31-25(20)36-22/h3-11,13H,2,28H2,1H3,(H2,29,31)(H,30,32,33). The van der Waals surface area contributed by atoms with E-state index in [-0.39, 0.29) is 21.9 Å². The average Bonchev–Trinajstić information content (AvgIpc) is 3.48. The van der Waals surface area contributed by atoms with Crippen molar-refractivity contribution in [2.75, 3.05) is 23.4 Å². The van der Waals surface area contributed by atoms with Crippen molar-refractivity contribution in [2.24, 2.45) is 0 Å². The van der Waals surface area contributed by atoms with Crippen molar-refractivity contribution in [1.29, 1.82) is 5.26 Å². The number of carbonyl (C=O) groups is 1. The van der Waals surface area contributed by atoms with E-state index in [1.165, 1.54) is 11.3 Å². The van der Waals surface area contributed by atoms with Crippen LogP contribution in [0.4, 0.5) is 16.6 Å². The highest BCUT2D eigenvalue weighted by Gasteiger charge is 2.24. The minimum absolute atomic E-state index is 0.0944. The quantitative estimate of drug-likeness (QED) is 0.262. The van der Waals surface area contributed by atoms with Crippen molar-refractivity contribution in [1.82, 2.24) is 9.97 Å². The van der Waals surface area contributed by atoms with Gasteiger partial charge in [0.15, 0.2) is 5.13 Å². The number of amides is 1. The second kappa shape index (κ2) is 9.65. The van der Waals surface area contributed by atoms with Crippen molar-refractivity contribution < 1.29 is 9.53 Å². The lowest BCUT2D eigenvalue weighted by molar-refractivity contribution is 0.103. The minimum atomic E-state index is -0.404. The Labute approximate surface area is 214 Å². The van der Waals surface area contributed by atoms with Crippen LogP contribution in [0.1, 0.15) is 22.2 Å². The van der Waals surface area contributed by atoms with Crippen LogP contribution in [-0.2, 0) is 0 Å². The first-order valence-corrected chi connectivity index (χ1v) is 12.7. The van der Waals surface area contributed by atoms with Gasteiger partial charge >= 0.3 is 0 Å². The van der Waals surface area contributed by atoms with Crippen LogP contribution in [0.2, 0.25) is 0 Å².